The fraction of sp³-hybridized carbons (Fsp3) is 0.267. The molecule has 17 heavy (non-hydrogen) atoms. The maximum atomic E-state index is 4.14. The van der Waals surface area contributed by atoms with Gasteiger partial charge >= 0.3 is 0 Å². The van der Waals surface area contributed by atoms with Crippen molar-refractivity contribution in [1.82, 2.24) is 10.3 Å². The van der Waals surface area contributed by atoms with Gasteiger partial charge in [-0.25, -0.2) is 0 Å². The number of nitrogens with one attached hydrogen (secondary N) is 1. The highest BCUT2D eigenvalue weighted by Gasteiger charge is 2.04. The lowest BCUT2D eigenvalue weighted by atomic mass is 10.1. The summed E-state index contributed by atoms with van der Waals surface area (Å²) in [5.74, 6) is 0. The van der Waals surface area contributed by atoms with E-state index < -0.39 is 0 Å². The van der Waals surface area contributed by atoms with Gasteiger partial charge in [-0.3, -0.25) is 4.98 Å². The molecule has 0 bridgehead atoms. The Morgan fingerprint density at radius 2 is 2.00 bits per heavy atom. The van der Waals surface area contributed by atoms with Crippen molar-refractivity contribution in [2.45, 2.75) is 26.4 Å². The topological polar surface area (TPSA) is 24.9 Å². The molecule has 2 nitrogen and oxygen atoms in total. The van der Waals surface area contributed by atoms with Crippen molar-refractivity contribution in [2.75, 3.05) is 0 Å². The minimum Gasteiger partial charge on any atom is -0.306 e. The summed E-state index contributed by atoms with van der Waals surface area (Å²) >= 11 is 0. The molecule has 0 fully saturated rings. The Kier molecular flexibility index (Phi) is 3.89. The van der Waals surface area contributed by atoms with E-state index in [2.05, 4.69) is 54.5 Å². The van der Waals surface area contributed by atoms with E-state index in [-0.39, 0.29) is 0 Å². The van der Waals surface area contributed by atoms with Crippen molar-refractivity contribution in [3.05, 3.63) is 65.5 Å². The first-order chi connectivity index (χ1) is 8.27. The van der Waals surface area contributed by atoms with Gasteiger partial charge in [-0.05, 0) is 36.6 Å². The van der Waals surface area contributed by atoms with Crippen molar-refractivity contribution >= 4 is 0 Å². The summed E-state index contributed by atoms with van der Waals surface area (Å²) < 4.78 is 0. The number of hydrogen-bond acceptors (Lipinski definition) is 2. The summed E-state index contributed by atoms with van der Waals surface area (Å²) in [7, 11) is 0. The molecule has 0 saturated heterocycles. The maximum absolute atomic E-state index is 4.14. The molecule has 0 spiro atoms. The normalized spacial score (nSPS) is 12.4. The first-order valence-electron chi connectivity index (χ1n) is 5.95. The van der Waals surface area contributed by atoms with Crippen molar-refractivity contribution in [3.63, 3.8) is 0 Å². The van der Waals surface area contributed by atoms with Gasteiger partial charge in [0.15, 0.2) is 0 Å². The molecule has 0 amide bonds. The molecule has 0 aliphatic carbocycles. The number of benzene rings is 1. The second-order valence-corrected chi connectivity index (χ2v) is 4.32. The zero-order valence-electron chi connectivity index (χ0n) is 10.4. The predicted molar refractivity (Wildman–Crippen MR) is 70.7 cm³/mol. The average Bonchev–Trinajstić information content (AvgIpc) is 2.38. The molecular formula is C15H18N2. The Morgan fingerprint density at radius 3 is 2.71 bits per heavy atom. The van der Waals surface area contributed by atoms with Crippen LogP contribution in [0.25, 0.3) is 0 Å². The Bertz CT molecular complexity index is 465. The summed E-state index contributed by atoms with van der Waals surface area (Å²) in [6.07, 6.45) is 3.72. The minimum atomic E-state index is 0.323. The molecule has 0 unspecified atom stereocenters. The Labute approximate surface area is 103 Å². The molecule has 1 N–H and O–H groups in total. The van der Waals surface area contributed by atoms with Gasteiger partial charge < -0.3 is 5.32 Å². The van der Waals surface area contributed by atoms with Gasteiger partial charge in [0.2, 0.25) is 0 Å². The lowest BCUT2D eigenvalue weighted by molar-refractivity contribution is 0.572. The SMILES string of the molecule is Cc1ccccc1CN[C@@H](C)c1cccnc1. The third-order valence-corrected chi connectivity index (χ3v) is 3.04. The first kappa shape index (κ1) is 11.8. The van der Waals surface area contributed by atoms with Crippen LogP contribution >= 0.6 is 0 Å². The van der Waals surface area contributed by atoms with Crippen LogP contribution in [0.3, 0.4) is 0 Å². The predicted octanol–water partition coefficient (Wildman–Crippen LogP) is 3.24. The second-order valence-electron chi connectivity index (χ2n) is 4.32. The number of aryl methyl sites for hydroxylation is 1. The highest BCUT2D eigenvalue weighted by Crippen LogP contribution is 2.12. The van der Waals surface area contributed by atoms with Crippen LogP contribution in [0.1, 0.15) is 29.7 Å². The van der Waals surface area contributed by atoms with Gasteiger partial charge in [-0.15, -0.1) is 0 Å². The van der Waals surface area contributed by atoms with Crippen LogP contribution in [0.15, 0.2) is 48.8 Å². The maximum Gasteiger partial charge on any atom is 0.0315 e. The molecule has 0 radical (unpaired) electrons. The van der Waals surface area contributed by atoms with Gasteiger partial charge in [-0.2, -0.15) is 0 Å². The van der Waals surface area contributed by atoms with Crippen LogP contribution in [0.4, 0.5) is 0 Å². The Morgan fingerprint density at radius 1 is 1.18 bits per heavy atom. The molecule has 0 aliphatic rings. The van der Waals surface area contributed by atoms with Crippen molar-refractivity contribution < 1.29 is 0 Å². The van der Waals surface area contributed by atoms with Gasteiger partial charge in [0.1, 0.15) is 0 Å². The van der Waals surface area contributed by atoms with E-state index in [1.54, 1.807) is 6.20 Å². The molecule has 2 aromatic rings. The number of hydrogen-bond donors (Lipinski definition) is 1. The highest BCUT2D eigenvalue weighted by molar-refractivity contribution is 5.25. The lowest BCUT2D eigenvalue weighted by Crippen LogP contribution is -2.18. The molecular weight excluding hydrogens is 208 g/mol. The van der Waals surface area contributed by atoms with Gasteiger partial charge in [0.25, 0.3) is 0 Å². The molecule has 0 saturated carbocycles. The van der Waals surface area contributed by atoms with E-state index in [9.17, 15) is 0 Å². The number of nitrogens with zero attached hydrogens (tertiary/aromatic N) is 1. The zero-order chi connectivity index (χ0) is 12.1. The molecule has 2 rings (SSSR count). The van der Waals surface area contributed by atoms with E-state index in [1.807, 2.05) is 12.3 Å². The van der Waals surface area contributed by atoms with E-state index in [4.69, 9.17) is 0 Å². The molecule has 0 aliphatic heterocycles. The smallest absolute Gasteiger partial charge is 0.0315 e. The molecule has 1 aromatic carbocycles. The third kappa shape index (κ3) is 3.14. The lowest BCUT2D eigenvalue weighted by Gasteiger charge is -2.14. The van der Waals surface area contributed by atoms with Crippen molar-refractivity contribution in [3.8, 4) is 0 Å². The molecule has 1 atom stereocenters. The quantitative estimate of drug-likeness (QED) is 0.865. The number of pyridine rings is 1. The molecule has 88 valence electrons. The standard InChI is InChI=1S/C15H18N2/c1-12-6-3-4-7-14(12)11-17-13(2)15-8-5-9-16-10-15/h3-10,13,17H,11H2,1-2H3/t13-/m0/s1. The van der Waals surface area contributed by atoms with Crippen LogP contribution < -0.4 is 5.32 Å². The molecule has 1 aromatic heterocycles. The first-order valence-corrected chi connectivity index (χ1v) is 5.95. The summed E-state index contributed by atoms with van der Waals surface area (Å²) in [5, 5.41) is 3.52. The van der Waals surface area contributed by atoms with E-state index in [0.29, 0.717) is 6.04 Å². The Balaban J connectivity index is 1.97. The number of aromatic nitrogens is 1. The molecule has 2 heteroatoms. The zero-order valence-corrected chi connectivity index (χ0v) is 10.4. The summed E-state index contributed by atoms with van der Waals surface area (Å²) in [5.41, 5.74) is 3.91. The van der Waals surface area contributed by atoms with Crippen LogP contribution in [0.5, 0.6) is 0 Å². The monoisotopic (exact) mass is 226 g/mol. The summed E-state index contributed by atoms with van der Waals surface area (Å²) in [6.45, 7) is 5.20. The summed E-state index contributed by atoms with van der Waals surface area (Å²) in [6, 6.07) is 12.9. The van der Waals surface area contributed by atoms with Gasteiger partial charge in [-0.1, -0.05) is 30.3 Å². The van der Waals surface area contributed by atoms with Gasteiger partial charge in [0.05, 0.1) is 0 Å². The average molecular weight is 226 g/mol. The third-order valence-electron chi connectivity index (χ3n) is 3.04. The van der Waals surface area contributed by atoms with Crippen LogP contribution in [-0.2, 0) is 6.54 Å². The second kappa shape index (κ2) is 5.60. The van der Waals surface area contributed by atoms with E-state index in [1.165, 1.54) is 16.7 Å². The van der Waals surface area contributed by atoms with E-state index >= 15 is 0 Å². The van der Waals surface area contributed by atoms with Crippen LogP contribution in [-0.4, -0.2) is 4.98 Å². The Hall–Kier alpha value is -1.67. The highest BCUT2D eigenvalue weighted by atomic mass is 14.9. The fourth-order valence-electron chi connectivity index (χ4n) is 1.82. The van der Waals surface area contributed by atoms with Gasteiger partial charge in [0, 0.05) is 25.0 Å². The van der Waals surface area contributed by atoms with E-state index in [0.717, 1.165) is 6.54 Å². The minimum absolute atomic E-state index is 0.323. The van der Waals surface area contributed by atoms with Crippen LogP contribution in [0.2, 0.25) is 0 Å². The number of rotatable bonds is 4. The van der Waals surface area contributed by atoms with Crippen LogP contribution in [0, 0.1) is 6.92 Å². The van der Waals surface area contributed by atoms with Crippen molar-refractivity contribution in [2.24, 2.45) is 0 Å². The largest absolute Gasteiger partial charge is 0.306 e. The van der Waals surface area contributed by atoms with Crippen molar-refractivity contribution in [1.29, 1.82) is 0 Å². The summed E-state index contributed by atoms with van der Waals surface area (Å²) in [4.78, 5) is 4.14. The fourth-order valence-corrected chi connectivity index (χ4v) is 1.82. The molecule has 1 heterocycles.